The predicted molar refractivity (Wildman–Crippen MR) is 141 cm³/mol. The van der Waals surface area contributed by atoms with E-state index in [2.05, 4.69) is 50.4 Å². The molecule has 1 fully saturated rings. The number of primary sulfonamides is 1. The van der Waals surface area contributed by atoms with Gasteiger partial charge in [0, 0.05) is 13.2 Å². The van der Waals surface area contributed by atoms with Crippen molar-refractivity contribution in [3.8, 4) is 0 Å². The molecule has 4 N–H and O–H groups in total. The average Bonchev–Trinajstić information content (AvgIpc) is 2.76. The zero-order chi connectivity index (χ0) is 25.7. The maximum absolute atomic E-state index is 12.9. The van der Waals surface area contributed by atoms with E-state index < -0.39 is 24.4 Å². The monoisotopic (exact) mass is 518 g/mol. The molecular formula is C26H38N2O5SSi. The number of carbonyl (C=O) groups is 1. The van der Waals surface area contributed by atoms with E-state index in [9.17, 15) is 18.3 Å². The van der Waals surface area contributed by atoms with Gasteiger partial charge in [-0.25, -0.2) is 13.6 Å². The molecular weight excluding hydrogens is 480 g/mol. The van der Waals surface area contributed by atoms with Crippen molar-refractivity contribution in [3.05, 3.63) is 60.7 Å². The summed E-state index contributed by atoms with van der Waals surface area (Å²) in [5.74, 6) is -0.469. The largest absolute Gasteiger partial charge is 0.404 e. The smallest absolute Gasteiger partial charge is 0.261 e. The van der Waals surface area contributed by atoms with Crippen LogP contribution in [-0.4, -0.2) is 52.8 Å². The number of carbonyl (C=O) groups excluding carboxylic acids is 1. The Balaban J connectivity index is 2.01. The summed E-state index contributed by atoms with van der Waals surface area (Å²) in [6.07, 6.45) is 1.45. The van der Waals surface area contributed by atoms with Crippen LogP contribution in [0.25, 0.3) is 0 Å². The van der Waals surface area contributed by atoms with Crippen molar-refractivity contribution >= 4 is 34.6 Å². The van der Waals surface area contributed by atoms with Gasteiger partial charge in [0.2, 0.25) is 15.9 Å². The van der Waals surface area contributed by atoms with Crippen LogP contribution in [0, 0.1) is 11.8 Å². The summed E-state index contributed by atoms with van der Waals surface area (Å²) >= 11 is 0. The van der Waals surface area contributed by atoms with E-state index >= 15 is 0 Å². The van der Waals surface area contributed by atoms with Gasteiger partial charge in [-0.2, -0.15) is 0 Å². The molecule has 7 nitrogen and oxygen atoms in total. The molecule has 0 unspecified atom stereocenters. The normalized spacial score (nSPS) is 19.6. The first-order valence-corrected chi connectivity index (χ1v) is 15.8. The summed E-state index contributed by atoms with van der Waals surface area (Å²) in [4.78, 5) is 12.9. The Morgan fingerprint density at radius 3 is 2.03 bits per heavy atom. The molecule has 35 heavy (non-hydrogen) atoms. The summed E-state index contributed by atoms with van der Waals surface area (Å²) in [5, 5.41) is 19.7. The fourth-order valence-corrected chi connectivity index (χ4v) is 10.2. The molecule has 192 valence electrons. The third kappa shape index (κ3) is 6.59. The first-order chi connectivity index (χ1) is 16.5. The van der Waals surface area contributed by atoms with Gasteiger partial charge >= 0.3 is 0 Å². The van der Waals surface area contributed by atoms with Crippen LogP contribution in [0.15, 0.2) is 60.7 Å². The quantitative estimate of drug-likeness (QED) is 0.392. The molecule has 1 aliphatic rings. The van der Waals surface area contributed by atoms with E-state index in [0.717, 1.165) is 23.2 Å². The summed E-state index contributed by atoms with van der Waals surface area (Å²) in [5.41, 5.74) is 0. The number of hydrogen-bond donors (Lipinski definition) is 3. The predicted octanol–water partition coefficient (Wildman–Crippen LogP) is 1.74. The van der Waals surface area contributed by atoms with Gasteiger partial charge in [-0.05, 0) is 40.1 Å². The van der Waals surface area contributed by atoms with Crippen molar-refractivity contribution in [1.82, 2.24) is 5.32 Å². The Morgan fingerprint density at radius 1 is 1.09 bits per heavy atom. The molecule has 1 saturated carbocycles. The molecule has 0 saturated heterocycles. The Morgan fingerprint density at radius 2 is 1.63 bits per heavy atom. The minimum atomic E-state index is -3.66. The fourth-order valence-electron chi connectivity index (χ4n) is 5.10. The van der Waals surface area contributed by atoms with Crippen LogP contribution in [0.3, 0.4) is 0 Å². The third-order valence-electron chi connectivity index (χ3n) is 7.03. The molecule has 0 bridgehead atoms. The number of hydrogen-bond acceptors (Lipinski definition) is 5. The van der Waals surface area contributed by atoms with Gasteiger partial charge < -0.3 is 14.8 Å². The van der Waals surface area contributed by atoms with E-state index in [1.54, 1.807) is 0 Å². The molecule has 0 heterocycles. The van der Waals surface area contributed by atoms with E-state index in [-0.39, 0.29) is 48.1 Å². The molecule has 1 amide bonds. The topological polar surface area (TPSA) is 119 Å². The van der Waals surface area contributed by atoms with Gasteiger partial charge in [0.25, 0.3) is 8.32 Å². The fraction of sp³-hybridized carbons (Fsp3) is 0.500. The van der Waals surface area contributed by atoms with Crippen molar-refractivity contribution < 1.29 is 22.7 Å². The van der Waals surface area contributed by atoms with Crippen LogP contribution in [0.5, 0.6) is 0 Å². The Bertz CT molecular complexity index is 1030. The van der Waals surface area contributed by atoms with E-state index in [4.69, 9.17) is 9.56 Å². The highest BCUT2D eigenvalue weighted by Gasteiger charge is 2.53. The summed E-state index contributed by atoms with van der Waals surface area (Å²) in [6, 6.07) is 20.5. The Kier molecular flexibility index (Phi) is 8.93. The Hall–Kier alpha value is -2.04. The number of nitrogens with two attached hydrogens (primary N) is 1. The third-order valence-corrected chi connectivity index (χ3v) is 12.9. The number of nitrogens with one attached hydrogen (secondary N) is 1. The first kappa shape index (κ1) is 27.5. The second-order valence-electron chi connectivity index (χ2n) is 10.4. The minimum absolute atomic E-state index is 0.0440. The lowest BCUT2D eigenvalue weighted by Crippen LogP contribution is -2.68. The van der Waals surface area contributed by atoms with Gasteiger partial charge in [-0.3, -0.25) is 4.79 Å². The molecule has 9 heteroatoms. The Labute approximate surface area is 210 Å². The SMILES string of the molecule is CC(C)(C)[Si](O[C@H](CC(=O)NCCS(N)(=O)=O)[C@@H]1CC[C@H]1CO)(c1ccccc1)c1ccccc1. The zero-order valence-electron chi connectivity index (χ0n) is 20.8. The van der Waals surface area contributed by atoms with Gasteiger partial charge in [0.05, 0.1) is 18.3 Å². The molecule has 2 aromatic rings. The van der Waals surface area contributed by atoms with Gasteiger partial charge in [0.15, 0.2) is 0 Å². The first-order valence-electron chi connectivity index (χ1n) is 12.1. The highest BCUT2D eigenvalue weighted by molar-refractivity contribution is 7.89. The van der Waals surface area contributed by atoms with Crippen LogP contribution in [0.2, 0.25) is 5.04 Å². The maximum atomic E-state index is 12.9. The minimum Gasteiger partial charge on any atom is -0.404 e. The second-order valence-corrected chi connectivity index (χ2v) is 16.4. The molecule has 3 atom stereocenters. The van der Waals surface area contributed by atoms with Crippen LogP contribution >= 0.6 is 0 Å². The number of aliphatic hydroxyl groups is 1. The number of rotatable bonds is 11. The van der Waals surface area contributed by atoms with E-state index in [1.807, 2.05) is 36.4 Å². The van der Waals surface area contributed by atoms with Gasteiger partial charge in [-0.15, -0.1) is 0 Å². The van der Waals surface area contributed by atoms with Gasteiger partial charge in [0.1, 0.15) is 0 Å². The lowest BCUT2D eigenvalue weighted by atomic mass is 9.70. The molecule has 0 radical (unpaired) electrons. The van der Waals surface area contributed by atoms with Crippen LogP contribution in [0.4, 0.5) is 0 Å². The number of sulfonamides is 1. The number of aliphatic hydroxyl groups excluding tert-OH is 1. The van der Waals surface area contributed by atoms with Crippen molar-refractivity contribution in [2.45, 2.75) is 51.2 Å². The molecule has 0 aromatic heterocycles. The highest BCUT2D eigenvalue weighted by Crippen LogP contribution is 2.43. The van der Waals surface area contributed by atoms with Crippen LogP contribution in [0.1, 0.15) is 40.0 Å². The summed E-state index contributed by atoms with van der Waals surface area (Å²) in [7, 11) is -6.57. The van der Waals surface area contributed by atoms with E-state index in [1.165, 1.54) is 0 Å². The lowest BCUT2D eigenvalue weighted by Gasteiger charge is -2.49. The molecule has 0 spiro atoms. The maximum Gasteiger partial charge on any atom is 0.261 e. The molecule has 2 aromatic carbocycles. The van der Waals surface area contributed by atoms with Crippen molar-refractivity contribution in [2.75, 3.05) is 18.9 Å². The molecule has 0 aliphatic heterocycles. The average molecular weight is 519 g/mol. The highest BCUT2D eigenvalue weighted by atomic mass is 32.2. The zero-order valence-corrected chi connectivity index (χ0v) is 22.6. The lowest BCUT2D eigenvalue weighted by molar-refractivity contribution is -0.124. The van der Waals surface area contributed by atoms with Crippen LogP contribution in [-0.2, 0) is 19.2 Å². The number of benzene rings is 2. The van der Waals surface area contributed by atoms with E-state index in [0.29, 0.717) is 0 Å². The number of amides is 1. The van der Waals surface area contributed by atoms with Crippen molar-refractivity contribution in [1.29, 1.82) is 0 Å². The van der Waals surface area contributed by atoms with Crippen LogP contribution < -0.4 is 20.8 Å². The van der Waals surface area contributed by atoms with Crippen molar-refractivity contribution in [2.24, 2.45) is 17.0 Å². The van der Waals surface area contributed by atoms with Crippen molar-refractivity contribution in [3.63, 3.8) is 0 Å². The molecule has 1 aliphatic carbocycles. The summed E-state index contributed by atoms with van der Waals surface area (Å²) in [6.45, 7) is 6.57. The summed E-state index contributed by atoms with van der Waals surface area (Å²) < 4.78 is 29.8. The second kappa shape index (κ2) is 11.3. The standard InChI is InChI=1S/C26H38N2O5SSi/c1-26(2,3)35(21-10-6-4-7-11-21,22-12-8-5-9-13-22)33-24(23-15-14-20(23)19-29)18-25(30)28-16-17-34(27,31)32/h4-13,20,23-24,29H,14-19H2,1-3H3,(H,28,30)(H2,27,31,32)/t20-,23+,24+/m0/s1. The van der Waals surface area contributed by atoms with Gasteiger partial charge in [-0.1, -0.05) is 81.4 Å². The molecule has 3 rings (SSSR count).